The van der Waals surface area contributed by atoms with Crippen LogP contribution in [-0.2, 0) is 23.3 Å². The van der Waals surface area contributed by atoms with Gasteiger partial charge in [0, 0.05) is 68.4 Å². The molecule has 11 nitrogen and oxygen atoms in total. The number of hydrogen-bond donors (Lipinski definition) is 2. The van der Waals surface area contributed by atoms with Gasteiger partial charge >= 0.3 is 0 Å². The van der Waals surface area contributed by atoms with Crippen molar-refractivity contribution in [3.63, 3.8) is 0 Å². The first kappa shape index (κ1) is 25.8. The highest BCUT2D eigenvalue weighted by Gasteiger charge is 2.28. The van der Waals surface area contributed by atoms with Crippen LogP contribution in [0.4, 0.5) is 11.5 Å². The number of piperidine rings is 1. The summed E-state index contributed by atoms with van der Waals surface area (Å²) in [7, 11) is -1.28. The van der Waals surface area contributed by atoms with E-state index in [2.05, 4.69) is 30.6 Å². The van der Waals surface area contributed by atoms with Crippen molar-refractivity contribution >= 4 is 43.8 Å². The van der Waals surface area contributed by atoms with Crippen LogP contribution in [0, 0.1) is 6.92 Å². The Balaban J connectivity index is 1.24. The summed E-state index contributed by atoms with van der Waals surface area (Å²) >= 11 is 0. The van der Waals surface area contributed by atoms with Gasteiger partial charge in [0.05, 0.1) is 28.9 Å². The summed E-state index contributed by atoms with van der Waals surface area (Å²) in [5.41, 5.74) is 4.07. The molecule has 0 spiro atoms. The molecule has 4 heterocycles. The van der Waals surface area contributed by atoms with Gasteiger partial charge in [0.1, 0.15) is 15.4 Å². The molecule has 1 saturated heterocycles. The van der Waals surface area contributed by atoms with Crippen LogP contribution in [0.5, 0.6) is 0 Å². The van der Waals surface area contributed by atoms with Crippen LogP contribution >= 0.6 is 0 Å². The molecule has 0 unspecified atom stereocenters. The van der Waals surface area contributed by atoms with Crippen LogP contribution in [0.25, 0.3) is 16.6 Å². The van der Waals surface area contributed by atoms with Gasteiger partial charge in [-0.25, -0.2) is 13.4 Å². The average Bonchev–Trinajstić information content (AvgIpc) is 3.46. The molecule has 1 aliphatic carbocycles. The number of rotatable bonds is 8. The molecule has 1 saturated carbocycles. The second kappa shape index (κ2) is 9.91. The predicted molar refractivity (Wildman–Crippen MR) is 151 cm³/mol. The lowest BCUT2D eigenvalue weighted by atomic mass is 10.0. The number of amides is 1. The summed E-state index contributed by atoms with van der Waals surface area (Å²) in [5, 5.41) is 12.2. The normalized spacial score (nSPS) is 16.8. The molecule has 12 heteroatoms. The Morgan fingerprint density at radius 1 is 1.05 bits per heavy atom. The summed E-state index contributed by atoms with van der Waals surface area (Å²) in [6.45, 7) is 3.78. The standard InChI is InChI=1S/C27H34N8O3S/c1-17-14-35-16-24(30-26(35)22(28-17)10-13-39(3,37)38)31-27(36)20-6-7-23(21-15-33(2)32-25(20)21)34-11-8-19(9-12-34)29-18-4-5-18/h6-7,14-16,18-19,29H,4-5,8-13H2,1-3H3,(H,31,36). The zero-order valence-corrected chi connectivity index (χ0v) is 23.3. The first-order valence-electron chi connectivity index (χ1n) is 13.4. The topological polar surface area (TPSA) is 127 Å². The minimum Gasteiger partial charge on any atom is -0.371 e. The monoisotopic (exact) mass is 550 g/mol. The highest BCUT2D eigenvalue weighted by Crippen LogP contribution is 2.32. The van der Waals surface area contributed by atoms with Gasteiger partial charge in [-0.15, -0.1) is 0 Å². The third kappa shape index (κ3) is 5.62. The van der Waals surface area contributed by atoms with E-state index in [9.17, 15) is 13.2 Å². The molecule has 0 bridgehead atoms. The van der Waals surface area contributed by atoms with E-state index in [1.807, 2.05) is 32.3 Å². The molecule has 2 N–H and O–H groups in total. The minimum absolute atomic E-state index is 0.0215. The van der Waals surface area contributed by atoms with Gasteiger partial charge in [0.15, 0.2) is 11.5 Å². The maximum Gasteiger partial charge on any atom is 0.259 e. The van der Waals surface area contributed by atoms with Crippen LogP contribution in [-0.4, -0.2) is 75.7 Å². The number of imidazole rings is 1. The van der Waals surface area contributed by atoms with Crippen LogP contribution in [0.15, 0.2) is 30.7 Å². The molecule has 0 radical (unpaired) electrons. The maximum absolute atomic E-state index is 13.4. The van der Waals surface area contributed by atoms with Crippen molar-refractivity contribution in [1.29, 1.82) is 0 Å². The highest BCUT2D eigenvalue weighted by molar-refractivity contribution is 7.90. The van der Waals surface area contributed by atoms with Crippen molar-refractivity contribution in [3.05, 3.63) is 47.7 Å². The third-order valence-electron chi connectivity index (χ3n) is 7.48. The summed E-state index contributed by atoms with van der Waals surface area (Å²) in [5.74, 6) is 0.0431. The van der Waals surface area contributed by atoms with Crippen molar-refractivity contribution in [2.45, 2.75) is 51.1 Å². The molecule has 3 aromatic heterocycles. The van der Waals surface area contributed by atoms with E-state index in [4.69, 9.17) is 0 Å². The van der Waals surface area contributed by atoms with Crippen molar-refractivity contribution in [1.82, 2.24) is 29.5 Å². The number of nitrogens with zero attached hydrogens (tertiary/aromatic N) is 6. The molecule has 206 valence electrons. The lowest BCUT2D eigenvalue weighted by molar-refractivity contribution is 0.102. The number of nitrogens with one attached hydrogen (secondary N) is 2. The van der Waals surface area contributed by atoms with Gasteiger partial charge in [0.2, 0.25) is 0 Å². The van der Waals surface area contributed by atoms with E-state index in [1.165, 1.54) is 19.1 Å². The van der Waals surface area contributed by atoms with Gasteiger partial charge in [-0.2, -0.15) is 5.10 Å². The minimum atomic E-state index is -3.15. The second-order valence-corrected chi connectivity index (χ2v) is 13.2. The number of fused-ring (bicyclic) bond motifs is 2. The van der Waals surface area contributed by atoms with E-state index < -0.39 is 9.84 Å². The van der Waals surface area contributed by atoms with E-state index >= 15 is 0 Å². The number of aromatic nitrogens is 5. The fraction of sp³-hybridized carbons (Fsp3) is 0.481. The van der Waals surface area contributed by atoms with Crippen molar-refractivity contribution in [2.75, 3.05) is 35.3 Å². The molecule has 1 aliphatic heterocycles. The summed E-state index contributed by atoms with van der Waals surface area (Å²) in [4.78, 5) is 24.9. The van der Waals surface area contributed by atoms with Gasteiger partial charge in [-0.1, -0.05) is 0 Å². The highest BCUT2D eigenvalue weighted by atomic mass is 32.2. The first-order valence-corrected chi connectivity index (χ1v) is 15.5. The average molecular weight is 551 g/mol. The van der Waals surface area contributed by atoms with Gasteiger partial charge in [0.25, 0.3) is 5.91 Å². The van der Waals surface area contributed by atoms with Crippen LogP contribution in [0.1, 0.15) is 47.4 Å². The zero-order chi connectivity index (χ0) is 27.3. The van der Waals surface area contributed by atoms with Crippen molar-refractivity contribution in [3.8, 4) is 0 Å². The Hall–Kier alpha value is -3.51. The Kier molecular flexibility index (Phi) is 6.54. The summed E-state index contributed by atoms with van der Waals surface area (Å²) in [6.07, 6.45) is 11.8. The van der Waals surface area contributed by atoms with E-state index in [0.717, 1.165) is 48.7 Å². The predicted octanol–water partition coefficient (Wildman–Crippen LogP) is 2.48. The molecule has 4 aromatic rings. The number of carbonyl (C=O) groups excluding carboxylic acids is 1. The smallest absolute Gasteiger partial charge is 0.259 e. The molecule has 2 fully saturated rings. The van der Waals surface area contributed by atoms with E-state index in [1.54, 1.807) is 21.5 Å². The molecule has 0 atom stereocenters. The number of anilines is 2. The van der Waals surface area contributed by atoms with Crippen LogP contribution < -0.4 is 15.5 Å². The summed E-state index contributed by atoms with van der Waals surface area (Å²) < 4.78 is 26.9. The molecule has 39 heavy (non-hydrogen) atoms. The Morgan fingerprint density at radius 3 is 2.51 bits per heavy atom. The molecular weight excluding hydrogens is 516 g/mol. The SMILES string of the molecule is Cc1cn2cc(NC(=O)c3ccc(N4CCC(NC5CC5)CC4)c4cn(C)nc34)nc2c(CCS(C)(=O)=O)n1. The van der Waals surface area contributed by atoms with E-state index in [-0.39, 0.29) is 18.1 Å². The van der Waals surface area contributed by atoms with E-state index in [0.29, 0.717) is 34.3 Å². The number of sulfone groups is 1. The number of hydrogen-bond acceptors (Lipinski definition) is 8. The molecule has 1 aromatic carbocycles. The largest absolute Gasteiger partial charge is 0.371 e. The fourth-order valence-corrected chi connectivity index (χ4v) is 5.99. The molecule has 6 rings (SSSR count). The lowest BCUT2D eigenvalue weighted by Crippen LogP contribution is -2.43. The van der Waals surface area contributed by atoms with Crippen LogP contribution in [0.2, 0.25) is 0 Å². The molecular formula is C27H34N8O3S. The second-order valence-electron chi connectivity index (χ2n) is 10.9. The lowest BCUT2D eigenvalue weighted by Gasteiger charge is -2.34. The van der Waals surface area contributed by atoms with Gasteiger partial charge < -0.3 is 19.9 Å². The number of carbonyl (C=O) groups is 1. The van der Waals surface area contributed by atoms with Crippen molar-refractivity contribution in [2.24, 2.45) is 7.05 Å². The fourth-order valence-electron chi connectivity index (χ4n) is 5.43. The third-order valence-corrected chi connectivity index (χ3v) is 8.42. The molecule has 2 aliphatic rings. The maximum atomic E-state index is 13.4. The Morgan fingerprint density at radius 2 is 1.79 bits per heavy atom. The Labute approximate surface area is 227 Å². The van der Waals surface area contributed by atoms with Gasteiger partial charge in [-0.3, -0.25) is 14.5 Å². The van der Waals surface area contributed by atoms with Crippen molar-refractivity contribution < 1.29 is 13.2 Å². The number of aryl methyl sites for hydroxylation is 3. The van der Waals surface area contributed by atoms with Gasteiger partial charge in [-0.05, 0) is 44.7 Å². The summed E-state index contributed by atoms with van der Waals surface area (Å²) in [6, 6.07) is 5.16. The zero-order valence-electron chi connectivity index (χ0n) is 22.5. The quantitative estimate of drug-likeness (QED) is 0.343. The first-order chi connectivity index (χ1) is 18.6. The molecule has 1 amide bonds. The number of benzene rings is 1. The Bertz CT molecular complexity index is 1660. The van der Waals surface area contributed by atoms with Crippen LogP contribution in [0.3, 0.4) is 0 Å².